The summed E-state index contributed by atoms with van der Waals surface area (Å²) in [5, 5.41) is 14.8. The van der Waals surface area contributed by atoms with E-state index in [1.807, 2.05) is 13.8 Å². The Hall–Kier alpha value is -2.28. The number of nitrogens with zero attached hydrogens (tertiary/aromatic N) is 3. The molecule has 1 unspecified atom stereocenters. The Morgan fingerprint density at radius 3 is 2.90 bits per heavy atom. The number of benzene rings is 1. The van der Waals surface area contributed by atoms with Crippen LogP contribution in [-0.2, 0) is 0 Å². The third-order valence-corrected chi connectivity index (χ3v) is 3.38. The molecular formula is C14H18N4O3. The zero-order valence-electron chi connectivity index (χ0n) is 12.1. The third kappa shape index (κ3) is 3.43. The number of rotatable bonds is 6. The second-order valence-electron chi connectivity index (χ2n) is 5.04. The Morgan fingerprint density at radius 2 is 2.24 bits per heavy atom. The highest BCUT2D eigenvalue weighted by atomic mass is 16.6. The largest absolute Gasteiger partial charge is 0.339 e. The molecule has 0 amide bonds. The van der Waals surface area contributed by atoms with E-state index in [2.05, 4.69) is 10.1 Å². The van der Waals surface area contributed by atoms with Gasteiger partial charge in [0.15, 0.2) is 0 Å². The summed E-state index contributed by atoms with van der Waals surface area (Å²) in [4.78, 5) is 14.8. The number of hydrogen-bond acceptors (Lipinski definition) is 6. The van der Waals surface area contributed by atoms with Crippen molar-refractivity contribution < 1.29 is 9.45 Å². The van der Waals surface area contributed by atoms with Gasteiger partial charge in [-0.3, -0.25) is 10.1 Å². The fourth-order valence-electron chi connectivity index (χ4n) is 2.06. The zero-order valence-corrected chi connectivity index (χ0v) is 12.1. The summed E-state index contributed by atoms with van der Waals surface area (Å²) in [6, 6.07) is 4.61. The lowest BCUT2D eigenvalue weighted by Crippen LogP contribution is -2.02. The molecule has 0 saturated heterocycles. The second kappa shape index (κ2) is 6.45. The van der Waals surface area contributed by atoms with Crippen LogP contribution >= 0.6 is 0 Å². The van der Waals surface area contributed by atoms with Gasteiger partial charge in [-0.25, -0.2) is 0 Å². The molecule has 2 rings (SSSR count). The molecule has 2 N–H and O–H groups in total. The Bertz CT molecular complexity index is 639. The van der Waals surface area contributed by atoms with Gasteiger partial charge in [0.25, 0.3) is 5.69 Å². The maximum atomic E-state index is 10.9. The Morgan fingerprint density at radius 1 is 1.48 bits per heavy atom. The summed E-state index contributed by atoms with van der Waals surface area (Å²) in [6.07, 6.45) is 1.75. The molecule has 0 radical (unpaired) electrons. The van der Waals surface area contributed by atoms with Gasteiger partial charge in [0.1, 0.15) is 0 Å². The van der Waals surface area contributed by atoms with Crippen LogP contribution in [0.2, 0.25) is 0 Å². The number of non-ortho nitro benzene ring substituents is 1. The van der Waals surface area contributed by atoms with Gasteiger partial charge in [-0.2, -0.15) is 4.98 Å². The Labute approximate surface area is 122 Å². The van der Waals surface area contributed by atoms with Crippen molar-refractivity contribution in [3.63, 3.8) is 0 Å². The average Bonchev–Trinajstić information content (AvgIpc) is 2.94. The number of nitro benzene ring substituents is 1. The summed E-state index contributed by atoms with van der Waals surface area (Å²) in [5.74, 6) is 1.03. The minimum Gasteiger partial charge on any atom is -0.339 e. The summed E-state index contributed by atoms with van der Waals surface area (Å²) in [5.41, 5.74) is 6.98. The number of hydrogen-bond donors (Lipinski definition) is 1. The molecule has 21 heavy (non-hydrogen) atoms. The van der Waals surface area contributed by atoms with E-state index in [1.54, 1.807) is 6.07 Å². The van der Waals surface area contributed by atoms with Gasteiger partial charge < -0.3 is 10.3 Å². The summed E-state index contributed by atoms with van der Waals surface area (Å²) >= 11 is 0. The predicted octanol–water partition coefficient (Wildman–Crippen LogP) is 2.80. The van der Waals surface area contributed by atoms with E-state index >= 15 is 0 Å². The maximum Gasteiger partial charge on any atom is 0.270 e. The first-order chi connectivity index (χ1) is 10.0. The van der Waals surface area contributed by atoms with Crippen LogP contribution in [0.1, 0.15) is 37.1 Å². The number of nitro groups is 1. The second-order valence-corrected chi connectivity index (χ2v) is 5.04. The van der Waals surface area contributed by atoms with Crippen LogP contribution in [0.3, 0.4) is 0 Å². The average molecular weight is 290 g/mol. The molecule has 0 bridgehead atoms. The van der Waals surface area contributed by atoms with E-state index in [0.29, 0.717) is 23.8 Å². The first-order valence-electron chi connectivity index (χ1n) is 6.82. The third-order valence-electron chi connectivity index (χ3n) is 3.38. The molecule has 112 valence electrons. The van der Waals surface area contributed by atoms with E-state index in [0.717, 1.165) is 18.4 Å². The Balaban J connectivity index is 2.29. The van der Waals surface area contributed by atoms with Gasteiger partial charge in [-0.15, -0.1) is 0 Å². The van der Waals surface area contributed by atoms with Crippen LogP contribution in [0.4, 0.5) is 5.69 Å². The van der Waals surface area contributed by atoms with Crippen molar-refractivity contribution in [1.29, 1.82) is 0 Å². The molecule has 1 aromatic carbocycles. The number of aryl methyl sites for hydroxylation is 1. The van der Waals surface area contributed by atoms with Crippen LogP contribution in [0.25, 0.3) is 11.4 Å². The van der Waals surface area contributed by atoms with Gasteiger partial charge in [0.2, 0.25) is 11.7 Å². The molecule has 2 aromatic rings. The lowest BCUT2D eigenvalue weighted by molar-refractivity contribution is -0.384. The summed E-state index contributed by atoms with van der Waals surface area (Å²) in [6.45, 7) is 4.47. The molecule has 1 aromatic heterocycles. The highest BCUT2D eigenvalue weighted by molar-refractivity contribution is 5.63. The van der Waals surface area contributed by atoms with Crippen molar-refractivity contribution in [1.82, 2.24) is 10.1 Å². The summed E-state index contributed by atoms with van der Waals surface area (Å²) < 4.78 is 5.26. The van der Waals surface area contributed by atoms with Crippen molar-refractivity contribution >= 4 is 5.69 Å². The number of nitrogens with two attached hydrogens (primary N) is 1. The minimum absolute atomic E-state index is 0.0122. The van der Waals surface area contributed by atoms with Gasteiger partial charge in [-0.05, 0) is 31.9 Å². The van der Waals surface area contributed by atoms with Crippen LogP contribution in [0, 0.1) is 17.0 Å². The predicted molar refractivity (Wildman–Crippen MR) is 77.8 cm³/mol. The monoisotopic (exact) mass is 290 g/mol. The van der Waals surface area contributed by atoms with Gasteiger partial charge in [0.05, 0.1) is 4.92 Å². The standard InChI is InChI=1S/C14H18N4O3/c1-9-5-6-11(18(19)20)8-12(9)13-16-14(21-17-13)10(2)4-3-7-15/h5-6,8,10H,3-4,7,15H2,1-2H3. The summed E-state index contributed by atoms with van der Waals surface area (Å²) in [7, 11) is 0. The molecule has 0 aliphatic rings. The van der Waals surface area contributed by atoms with Gasteiger partial charge in [0, 0.05) is 23.6 Å². The molecule has 0 saturated carbocycles. The molecule has 1 heterocycles. The molecule has 7 heteroatoms. The molecule has 0 fully saturated rings. The molecule has 0 spiro atoms. The molecular weight excluding hydrogens is 272 g/mol. The van der Waals surface area contributed by atoms with E-state index in [-0.39, 0.29) is 11.6 Å². The van der Waals surface area contributed by atoms with Gasteiger partial charge in [-0.1, -0.05) is 18.1 Å². The molecule has 0 aliphatic heterocycles. The van der Waals surface area contributed by atoms with Crippen molar-refractivity contribution in [3.8, 4) is 11.4 Å². The maximum absolute atomic E-state index is 10.9. The van der Waals surface area contributed by atoms with Crippen LogP contribution in [-0.4, -0.2) is 21.6 Å². The van der Waals surface area contributed by atoms with Crippen molar-refractivity contribution in [3.05, 3.63) is 39.8 Å². The van der Waals surface area contributed by atoms with E-state index < -0.39 is 4.92 Å². The van der Waals surface area contributed by atoms with Crippen LogP contribution in [0.5, 0.6) is 0 Å². The van der Waals surface area contributed by atoms with Crippen LogP contribution in [0.15, 0.2) is 22.7 Å². The van der Waals surface area contributed by atoms with Crippen LogP contribution < -0.4 is 5.73 Å². The quantitative estimate of drug-likeness (QED) is 0.647. The molecule has 0 aliphatic carbocycles. The lowest BCUT2D eigenvalue weighted by Gasteiger charge is -2.03. The first-order valence-corrected chi connectivity index (χ1v) is 6.82. The zero-order chi connectivity index (χ0) is 15.4. The molecule has 7 nitrogen and oxygen atoms in total. The molecule has 1 atom stereocenters. The van der Waals surface area contributed by atoms with Gasteiger partial charge >= 0.3 is 0 Å². The van der Waals surface area contributed by atoms with E-state index in [1.165, 1.54) is 12.1 Å². The van der Waals surface area contributed by atoms with Crippen molar-refractivity contribution in [2.24, 2.45) is 5.73 Å². The van der Waals surface area contributed by atoms with E-state index in [4.69, 9.17) is 10.3 Å². The minimum atomic E-state index is -0.437. The highest BCUT2D eigenvalue weighted by Crippen LogP contribution is 2.27. The van der Waals surface area contributed by atoms with Crippen molar-refractivity contribution in [2.45, 2.75) is 32.6 Å². The number of aromatic nitrogens is 2. The smallest absolute Gasteiger partial charge is 0.270 e. The lowest BCUT2D eigenvalue weighted by atomic mass is 10.1. The normalized spacial score (nSPS) is 12.3. The topological polar surface area (TPSA) is 108 Å². The van der Waals surface area contributed by atoms with Crippen molar-refractivity contribution in [2.75, 3.05) is 6.54 Å². The Kier molecular flexibility index (Phi) is 4.64. The SMILES string of the molecule is Cc1ccc([N+](=O)[O-])cc1-c1noc(C(C)CCCN)n1. The first kappa shape index (κ1) is 15.1. The van der Waals surface area contributed by atoms with E-state index in [9.17, 15) is 10.1 Å². The highest BCUT2D eigenvalue weighted by Gasteiger charge is 2.18. The fraction of sp³-hybridized carbons (Fsp3) is 0.429. The fourth-order valence-corrected chi connectivity index (χ4v) is 2.06.